The molecule has 158 valence electrons. The predicted molar refractivity (Wildman–Crippen MR) is 117 cm³/mol. The van der Waals surface area contributed by atoms with Gasteiger partial charge in [0.25, 0.3) is 0 Å². The highest BCUT2D eigenvalue weighted by atomic mass is 16.5. The first-order valence-corrected chi connectivity index (χ1v) is 11.0. The number of nitrogens with zero attached hydrogens (tertiary/aromatic N) is 3. The minimum Gasteiger partial charge on any atom is -0.477 e. The maximum atomic E-state index is 5.78. The summed E-state index contributed by atoms with van der Waals surface area (Å²) in [4.78, 5) is 11.5. The van der Waals surface area contributed by atoms with Crippen LogP contribution in [0.1, 0.15) is 58.9 Å². The second kappa shape index (κ2) is 12.6. The molecule has 6 heteroatoms. The molecule has 0 amide bonds. The van der Waals surface area contributed by atoms with Crippen molar-refractivity contribution in [3.05, 3.63) is 23.9 Å². The largest absolute Gasteiger partial charge is 0.477 e. The summed E-state index contributed by atoms with van der Waals surface area (Å²) in [6, 6.07) is 4.40. The van der Waals surface area contributed by atoms with E-state index in [1.165, 1.54) is 19.3 Å². The SMILES string of the molecule is CCNC(=NCc1ccnc(OCC2CC2)c1)NC(C)CCCN(CC)CC. The van der Waals surface area contributed by atoms with Crippen molar-refractivity contribution in [2.75, 3.05) is 32.8 Å². The predicted octanol–water partition coefficient (Wildman–Crippen LogP) is 3.44. The van der Waals surface area contributed by atoms with Crippen molar-refractivity contribution in [1.29, 1.82) is 0 Å². The van der Waals surface area contributed by atoms with Gasteiger partial charge < -0.3 is 20.3 Å². The van der Waals surface area contributed by atoms with E-state index in [4.69, 9.17) is 9.73 Å². The fraction of sp³-hybridized carbons (Fsp3) is 0.727. The number of ether oxygens (including phenoxy) is 1. The Bertz CT molecular complexity index is 584. The minimum absolute atomic E-state index is 0.392. The molecule has 2 rings (SSSR count). The van der Waals surface area contributed by atoms with E-state index in [-0.39, 0.29) is 0 Å². The molecule has 1 aromatic rings. The van der Waals surface area contributed by atoms with E-state index in [0.717, 1.165) is 56.6 Å². The number of hydrogen-bond acceptors (Lipinski definition) is 4. The summed E-state index contributed by atoms with van der Waals surface area (Å²) >= 11 is 0. The van der Waals surface area contributed by atoms with Gasteiger partial charge in [-0.05, 0) is 76.7 Å². The van der Waals surface area contributed by atoms with Crippen molar-refractivity contribution >= 4 is 5.96 Å². The molecule has 1 atom stereocenters. The van der Waals surface area contributed by atoms with E-state index in [1.54, 1.807) is 0 Å². The topological polar surface area (TPSA) is 61.8 Å². The molecule has 6 nitrogen and oxygen atoms in total. The molecule has 0 spiro atoms. The first-order valence-electron chi connectivity index (χ1n) is 11.0. The Hall–Kier alpha value is -1.82. The molecule has 1 aromatic heterocycles. The van der Waals surface area contributed by atoms with Gasteiger partial charge in [0.15, 0.2) is 5.96 Å². The molecule has 1 unspecified atom stereocenters. The zero-order valence-corrected chi connectivity index (χ0v) is 18.2. The summed E-state index contributed by atoms with van der Waals surface area (Å²) in [5.41, 5.74) is 1.12. The Labute approximate surface area is 171 Å². The number of rotatable bonds is 13. The van der Waals surface area contributed by atoms with Crippen LogP contribution in [0.2, 0.25) is 0 Å². The molecule has 0 radical (unpaired) electrons. The van der Waals surface area contributed by atoms with Crippen LogP contribution in [-0.4, -0.2) is 54.7 Å². The lowest BCUT2D eigenvalue weighted by atomic mass is 10.2. The quantitative estimate of drug-likeness (QED) is 0.400. The van der Waals surface area contributed by atoms with Crippen LogP contribution in [-0.2, 0) is 6.54 Å². The van der Waals surface area contributed by atoms with Gasteiger partial charge in [-0.1, -0.05) is 13.8 Å². The van der Waals surface area contributed by atoms with Gasteiger partial charge in [-0.3, -0.25) is 0 Å². The molecule has 2 N–H and O–H groups in total. The van der Waals surface area contributed by atoms with Crippen LogP contribution < -0.4 is 15.4 Å². The number of hydrogen-bond donors (Lipinski definition) is 2. The zero-order valence-electron chi connectivity index (χ0n) is 18.2. The van der Waals surface area contributed by atoms with Gasteiger partial charge >= 0.3 is 0 Å². The van der Waals surface area contributed by atoms with Crippen LogP contribution in [0.5, 0.6) is 5.88 Å². The molecule has 1 saturated carbocycles. The third kappa shape index (κ3) is 8.91. The fourth-order valence-corrected chi connectivity index (χ4v) is 3.07. The summed E-state index contributed by atoms with van der Waals surface area (Å²) in [5, 5.41) is 6.88. The van der Waals surface area contributed by atoms with Crippen LogP contribution in [0.4, 0.5) is 0 Å². The maximum Gasteiger partial charge on any atom is 0.213 e. The van der Waals surface area contributed by atoms with Crippen LogP contribution >= 0.6 is 0 Å². The number of nitrogens with one attached hydrogen (secondary N) is 2. The van der Waals surface area contributed by atoms with E-state index >= 15 is 0 Å². The lowest BCUT2D eigenvalue weighted by Crippen LogP contribution is -2.42. The Balaban J connectivity index is 1.80. The molecule has 1 aliphatic rings. The molecule has 1 fully saturated rings. The summed E-state index contributed by atoms with van der Waals surface area (Å²) in [5.74, 6) is 2.31. The summed E-state index contributed by atoms with van der Waals surface area (Å²) in [7, 11) is 0. The summed E-state index contributed by atoms with van der Waals surface area (Å²) in [6.45, 7) is 14.4. The highest BCUT2D eigenvalue weighted by Crippen LogP contribution is 2.29. The fourth-order valence-electron chi connectivity index (χ4n) is 3.07. The van der Waals surface area contributed by atoms with Gasteiger partial charge in [-0.15, -0.1) is 0 Å². The number of aliphatic imine (C=N–C) groups is 1. The Kier molecular flexibility index (Phi) is 10.1. The second-order valence-electron chi connectivity index (χ2n) is 7.67. The highest BCUT2D eigenvalue weighted by Gasteiger charge is 2.22. The molecular formula is C22H39N5O. The highest BCUT2D eigenvalue weighted by molar-refractivity contribution is 5.80. The van der Waals surface area contributed by atoms with Gasteiger partial charge in [-0.2, -0.15) is 0 Å². The molecule has 0 aromatic carbocycles. The zero-order chi connectivity index (χ0) is 20.2. The molecule has 1 aliphatic carbocycles. The van der Waals surface area contributed by atoms with Gasteiger partial charge in [0, 0.05) is 24.8 Å². The number of guanidine groups is 1. The van der Waals surface area contributed by atoms with Gasteiger partial charge in [0.1, 0.15) is 0 Å². The van der Waals surface area contributed by atoms with E-state index < -0.39 is 0 Å². The normalized spacial score (nSPS) is 15.5. The lowest BCUT2D eigenvalue weighted by molar-refractivity contribution is 0.288. The maximum absolute atomic E-state index is 5.78. The molecule has 0 bridgehead atoms. The van der Waals surface area contributed by atoms with Crippen LogP contribution in [0.25, 0.3) is 0 Å². The van der Waals surface area contributed by atoms with Crippen LogP contribution in [0, 0.1) is 5.92 Å². The van der Waals surface area contributed by atoms with Crippen LogP contribution in [0.15, 0.2) is 23.3 Å². The Morgan fingerprint density at radius 2 is 2.11 bits per heavy atom. The van der Waals surface area contributed by atoms with Crippen molar-refractivity contribution in [2.45, 2.75) is 66.0 Å². The van der Waals surface area contributed by atoms with Gasteiger partial charge in [0.05, 0.1) is 13.2 Å². The van der Waals surface area contributed by atoms with Gasteiger partial charge in [-0.25, -0.2) is 9.98 Å². The Morgan fingerprint density at radius 1 is 1.32 bits per heavy atom. The molecule has 0 saturated heterocycles. The van der Waals surface area contributed by atoms with Crippen molar-refractivity contribution in [2.24, 2.45) is 10.9 Å². The third-order valence-electron chi connectivity index (χ3n) is 5.12. The average molecular weight is 390 g/mol. The van der Waals surface area contributed by atoms with Crippen molar-refractivity contribution in [3.63, 3.8) is 0 Å². The second-order valence-corrected chi connectivity index (χ2v) is 7.67. The first kappa shape index (κ1) is 22.5. The van der Waals surface area contributed by atoms with Crippen molar-refractivity contribution in [3.8, 4) is 5.88 Å². The smallest absolute Gasteiger partial charge is 0.213 e. The van der Waals surface area contributed by atoms with Crippen LogP contribution in [0.3, 0.4) is 0 Å². The van der Waals surface area contributed by atoms with Gasteiger partial charge in [0.2, 0.25) is 5.88 Å². The summed E-state index contributed by atoms with van der Waals surface area (Å²) in [6.07, 6.45) is 6.71. The van der Waals surface area contributed by atoms with E-state index in [9.17, 15) is 0 Å². The molecule has 28 heavy (non-hydrogen) atoms. The molecule has 0 aliphatic heterocycles. The first-order chi connectivity index (χ1) is 13.6. The number of aromatic nitrogens is 1. The third-order valence-corrected chi connectivity index (χ3v) is 5.12. The van der Waals surface area contributed by atoms with E-state index in [1.807, 2.05) is 18.3 Å². The number of pyridine rings is 1. The van der Waals surface area contributed by atoms with Crippen molar-refractivity contribution < 1.29 is 4.74 Å². The standard InChI is InChI=1S/C22H39N5O/c1-5-23-22(26-18(4)9-8-14-27(6-2)7-3)25-16-20-12-13-24-21(15-20)28-17-19-10-11-19/h12-13,15,18-19H,5-11,14,16-17H2,1-4H3,(H2,23,25,26). The molecular weight excluding hydrogens is 350 g/mol. The average Bonchev–Trinajstić information content (AvgIpc) is 3.53. The minimum atomic E-state index is 0.392. The molecule has 1 heterocycles. The lowest BCUT2D eigenvalue weighted by Gasteiger charge is -2.21. The Morgan fingerprint density at radius 3 is 2.79 bits per heavy atom. The van der Waals surface area contributed by atoms with Crippen molar-refractivity contribution in [1.82, 2.24) is 20.5 Å². The van der Waals surface area contributed by atoms with E-state index in [0.29, 0.717) is 18.5 Å². The summed E-state index contributed by atoms with van der Waals surface area (Å²) < 4.78 is 5.78. The monoisotopic (exact) mass is 389 g/mol. The van der Waals surface area contributed by atoms with E-state index in [2.05, 4.69) is 48.2 Å².